The van der Waals surface area contributed by atoms with E-state index in [0.717, 1.165) is 5.56 Å². The Balaban J connectivity index is 2.31. The fourth-order valence-corrected chi connectivity index (χ4v) is 1.83. The molecule has 1 N–H and O–H groups in total. The second-order valence-corrected chi connectivity index (χ2v) is 4.31. The quantitative estimate of drug-likeness (QED) is 0.841. The first kappa shape index (κ1) is 13.8. The number of nitrogens with zero attached hydrogens (tertiary/aromatic N) is 2. The number of ether oxygens (including phenoxy) is 1. The summed E-state index contributed by atoms with van der Waals surface area (Å²) in [7, 11) is 1.52. The van der Waals surface area contributed by atoms with Crippen molar-refractivity contribution in [2.45, 2.75) is 13.5 Å². The molecule has 0 aromatic carbocycles. The van der Waals surface area contributed by atoms with Crippen LogP contribution < -0.4 is 4.74 Å². The lowest BCUT2D eigenvalue weighted by atomic mass is 10.2. The third-order valence-electron chi connectivity index (χ3n) is 2.88. The third-order valence-corrected chi connectivity index (χ3v) is 2.88. The molecule has 0 unspecified atom stereocenters. The number of hydrogen-bond donors (Lipinski definition) is 1. The van der Waals surface area contributed by atoms with Crippen molar-refractivity contribution in [2.24, 2.45) is 0 Å². The predicted octanol–water partition coefficient (Wildman–Crippen LogP) is 1.84. The van der Waals surface area contributed by atoms with Gasteiger partial charge in [-0.05, 0) is 18.6 Å². The summed E-state index contributed by atoms with van der Waals surface area (Å²) in [6, 6.07) is 4.87. The van der Waals surface area contributed by atoms with Crippen molar-refractivity contribution in [1.82, 2.24) is 9.55 Å². The molecule has 0 aliphatic rings. The Morgan fingerprint density at radius 3 is 2.65 bits per heavy atom. The second kappa shape index (κ2) is 5.56. The van der Waals surface area contributed by atoms with Gasteiger partial charge in [-0.2, -0.15) is 0 Å². The molecule has 0 saturated carbocycles. The van der Waals surface area contributed by atoms with Crippen LogP contribution in [0.15, 0.2) is 30.6 Å². The van der Waals surface area contributed by atoms with Crippen LogP contribution in [-0.4, -0.2) is 33.5 Å². The topological polar surface area (TPSA) is 81.4 Å². The van der Waals surface area contributed by atoms with Crippen LogP contribution >= 0.6 is 0 Å². The van der Waals surface area contributed by atoms with E-state index in [1.807, 2.05) is 0 Å². The molecule has 0 bridgehead atoms. The maximum absolute atomic E-state index is 11.3. The molecule has 2 aromatic heterocycles. The predicted molar refractivity (Wildman–Crippen MR) is 71.3 cm³/mol. The highest BCUT2D eigenvalue weighted by molar-refractivity contribution is 5.97. The van der Waals surface area contributed by atoms with Gasteiger partial charge >= 0.3 is 5.97 Å². The summed E-state index contributed by atoms with van der Waals surface area (Å²) in [5.74, 6) is -0.748. The molecular weight excluding hydrogens is 260 g/mol. The van der Waals surface area contributed by atoms with Gasteiger partial charge < -0.3 is 14.4 Å². The Kier molecular flexibility index (Phi) is 3.84. The molecule has 0 radical (unpaired) electrons. The number of Topliss-reactive ketones (excluding diaryl/α,β-unsaturated/α-hetero) is 1. The van der Waals surface area contributed by atoms with E-state index in [-0.39, 0.29) is 11.5 Å². The number of hydrogen-bond acceptors (Lipinski definition) is 4. The van der Waals surface area contributed by atoms with Gasteiger partial charge in [0, 0.05) is 30.6 Å². The van der Waals surface area contributed by atoms with Gasteiger partial charge in [-0.1, -0.05) is 6.07 Å². The zero-order chi connectivity index (χ0) is 14.7. The van der Waals surface area contributed by atoms with Crippen LogP contribution in [-0.2, 0) is 6.54 Å². The monoisotopic (exact) mass is 274 g/mol. The van der Waals surface area contributed by atoms with Gasteiger partial charge in [0.2, 0.25) is 5.88 Å². The summed E-state index contributed by atoms with van der Waals surface area (Å²) >= 11 is 0. The highest BCUT2D eigenvalue weighted by Crippen LogP contribution is 2.14. The number of pyridine rings is 1. The molecule has 2 aromatic rings. The van der Waals surface area contributed by atoms with Crippen molar-refractivity contribution >= 4 is 11.8 Å². The van der Waals surface area contributed by atoms with Crippen molar-refractivity contribution in [3.8, 4) is 5.88 Å². The summed E-state index contributed by atoms with van der Waals surface area (Å²) in [5.41, 5.74) is 1.27. The zero-order valence-corrected chi connectivity index (χ0v) is 11.2. The van der Waals surface area contributed by atoms with E-state index in [1.165, 1.54) is 30.9 Å². The summed E-state index contributed by atoms with van der Waals surface area (Å²) in [4.78, 5) is 26.6. The van der Waals surface area contributed by atoms with E-state index in [9.17, 15) is 9.59 Å². The van der Waals surface area contributed by atoms with E-state index in [4.69, 9.17) is 9.84 Å². The van der Waals surface area contributed by atoms with Gasteiger partial charge in [0.25, 0.3) is 0 Å². The van der Waals surface area contributed by atoms with E-state index in [1.54, 1.807) is 18.3 Å². The van der Waals surface area contributed by atoms with Gasteiger partial charge in [-0.25, -0.2) is 9.78 Å². The number of carboxylic acids is 1. The summed E-state index contributed by atoms with van der Waals surface area (Å²) in [6.07, 6.45) is 3.15. The molecule has 2 heterocycles. The van der Waals surface area contributed by atoms with Crippen LogP contribution in [0.25, 0.3) is 0 Å². The molecule has 6 heteroatoms. The minimum atomic E-state index is -1.07. The fourth-order valence-electron chi connectivity index (χ4n) is 1.83. The van der Waals surface area contributed by atoms with Crippen molar-refractivity contribution in [1.29, 1.82) is 0 Å². The Labute approximate surface area is 115 Å². The largest absolute Gasteiger partial charge is 0.481 e. The first-order chi connectivity index (χ1) is 9.51. The number of aromatic carboxylic acids is 1. The molecule has 0 fully saturated rings. The third kappa shape index (κ3) is 2.85. The van der Waals surface area contributed by atoms with Gasteiger partial charge in [0.05, 0.1) is 7.11 Å². The lowest BCUT2D eigenvalue weighted by Crippen LogP contribution is -2.08. The molecule has 6 nitrogen and oxygen atoms in total. The molecule has 20 heavy (non-hydrogen) atoms. The highest BCUT2D eigenvalue weighted by Gasteiger charge is 2.14. The Morgan fingerprint density at radius 2 is 2.15 bits per heavy atom. The van der Waals surface area contributed by atoms with Crippen LogP contribution in [0.5, 0.6) is 5.88 Å². The smallest absolute Gasteiger partial charge is 0.352 e. The number of aromatic nitrogens is 2. The minimum absolute atomic E-state index is 0.0750. The van der Waals surface area contributed by atoms with Crippen LogP contribution in [0.3, 0.4) is 0 Å². The average Bonchev–Trinajstić information content (AvgIpc) is 2.84. The van der Waals surface area contributed by atoms with Crippen molar-refractivity contribution in [3.63, 3.8) is 0 Å². The molecule has 0 amide bonds. The summed E-state index contributed by atoms with van der Waals surface area (Å²) in [5, 5.41) is 9.15. The standard InChI is InChI=1S/C14H14N2O4/c1-9(17)11-5-12(14(18)19)16(8-11)7-10-3-4-13(20-2)15-6-10/h3-6,8H,7H2,1-2H3,(H,18,19). The Hall–Kier alpha value is -2.63. The zero-order valence-electron chi connectivity index (χ0n) is 11.2. The van der Waals surface area contributed by atoms with Crippen LogP contribution in [0, 0.1) is 0 Å². The van der Waals surface area contributed by atoms with Crippen molar-refractivity contribution in [3.05, 3.63) is 47.4 Å². The van der Waals surface area contributed by atoms with E-state index in [0.29, 0.717) is 18.0 Å². The number of rotatable bonds is 5. The van der Waals surface area contributed by atoms with Gasteiger partial charge in [0.1, 0.15) is 5.69 Å². The summed E-state index contributed by atoms with van der Waals surface area (Å²) < 4.78 is 6.48. The molecule has 0 saturated heterocycles. The minimum Gasteiger partial charge on any atom is -0.481 e. The van der Waals surface area contributed by atoms with E-state index in [2.05, 4.69) is 4.98 Å². The van der Waals surface area contributed by atoms with E-state index >= 15 is 0 Å². The average molecular weight is 274 g/mol. The van der Waals surface area contributed by atoms with Gasteiger partial charge in [-0.3, -0.25) is 4.79 Å². The van der Waals surface area contributed by atoms with Crippen LogP contribution in [0.1, 0.15) is 33.3 Å². The van der Waals surface area contributed by atoms with Gasteiger partial charge in [0.15, 0.2) is 5.78 Å². The van der Waals surface area contributed by atoms with Crippen molar-refractivity contribution < 1.29 is 19.4 Å². The maximum Gasteiger partial charge on any atom is 0.352 e. The number of methoxy groups -OCH3 is 1. The first-order valence-electron chi connectivity index (χ1n) is 5.94. The van der Waals surface area contributed by atoms with Crippen LogP contribution in [0.2, 0.25) is 0 Å². The highest BCUT2D eigenvalue weighted by atomic mass is 16.5. The first-order valence-corrected chi connectivity index (χ1v) is 5.94. The molecule has 0 aliphatic heterocycles. The van der Waals surface area contributed by atoms with E-state index < -0.39 is 5.97 Å². The lowest BCUT2D eigenvalue weighted by Gasteiger charge is -2.06. The molecule has 0 spiro atoms. The molecule has 104 valence electrons. The van der Waals surface area contributed by atoms with Crippen LogP contribution in [0.4, 0.5) is 0 Å². The SMILES string of the molecule is COc1ccc(Cn2cc(C(C)=O)cc2C(=O)O)cn1. The fraction of sp³-hybridized carbons (Fsp3) is 0.214. The summed E-state index contributed by atoms with van der Waals surface area (Å²) in [6.45, 7) is 1.73. The number of ketones is 1. The normalized spacial score (nSPS) is 10.3. The van der Waals surface area contributed by atoms with Crippen molar-refractivity contribution in [2.75, 3.05) is 7.11 Å². The molecular formula is C14H14N2O4. The maximum atomic E-state index is 11.3. The number of carboxylic acid groups (broad SMARTS) is 1. The molecule has 2 rings (SSSR count). The Bertz CT molecular complexity index is 644. The Morgan fingerprint density at radius 1 is 1.40 bits per heavy atom. The van der Waals surface area contributed by atoms with Gasteiger partial charge in [-0.15, -0.1) is 0 Å². The lowest BCUT2D eigenvalue weighted by molar-refractivity contribution is 0.0685. The number of carbonyl (C=O) groups is 2. The second-order valence-electron chi connectivity index (χ2n) is 4.31. The molecule has 0 aliphatic carbocycles. The molecule has 0 atom stereocenters. The number of carbonyl (C=O) groups excluding carboxylic acids is 1.